The Bertz CT molecular complexity index is 966. The van der Waals surface area contributed by atoms with Gasteiger partial charge in [-0.2, -0.15) is 0 Å². The number of rotatable bonds is 5. The molecule has 1 atom stereocenters. The molecule has 6 nitrogen and oxygen atoms in total. The number of hydrogen-bond donors (Lipinski definition) is 1. The molecule has 3 rings (SSSR count). The van der Waals surface area contributed by atoms with E-state index in [1.54, 1.807) is 12.2 Å². The fraction of sp³-hybridized carbons (Fsp3) is 0.167. The number of allylic oxidation sites excluding steroid dienone is 2. The van der Waals surface area contributed by atoms with Crippen molar-refractivity contribution in [3.05, 3.63) is 64.4 Å². The van der Waals surface area contributed by atoms with E-state index >= 15 is 0 Å². The minimum Gasteiger partial charge on any atom is -0.347 e. The normalized spacial score (nSPS) is 22.9. The molecule has 0 bridgehead atoms. The SMILES string of the molecule is O=C(CN1C(=O)C(=CC=Cc2ccccc2)SC1=S)NC1C=CS(=O)(=O)C1. The number of nitrogens with one attached hydrogen (secondary N) is 1. The number of thiocarbonyl (C=S) groups is 1. The van der Waals surface area contributed by atoms with Crippen LogP contribution >= 0.6 is 24.0 Å². The topological polar surface area (TPSA) is 83.6 Å². The molecule has 0 saturated carbocycles. The van der Waals surface area contributed by atoms with Gasteiger partial charge >= 0.3 is 0 Å². The number of nitrogens with zero attached hydrogens (tertiary/aromatic N) is 1. The number of benzene rings is 1. The van der Waals surface area contributed by atoms with Gasteiger partial charge in [0.2, 0.25) is 5.91 Å². The van der Waals surface area contributed by atoms with Gasteiger partial charge < -0.3 is 5.32 Å². The van der Waals surface area contributed by atoms with E-state index in [9.17, 15) is 18.0 Å². The zero-order valence-electron chi connectivity index (χ0n) is 14.1. The zero-order chi connectivity index (χ0) is 19.4. The lowest BCUT2D eigenvalue weighted by Gasteiger charge is -2.16. The van der Waals surface area contributed by atoms with Crippen molar-refractivity contribution in [3.8, 4) is 0 Å². The summed E-state index contributed by atoms with van der Waals surface area (Å²) in [5.41, 5.74) is 1.00. The molecule has 1 aromatic rings. The van der Waals surface area contributed by atoms with Crippen LogP contribution in [-0.4, -0.2) is 47.8 Å². The standard InChI is InChI=1S/C18H16N2O4S3/c21-16(19-14-9-10-27(23,24)12-14)11-20-17(22)15(26-18(20)25)8-4-7-13-5-2-1-3-6-13/h1-10,14H,11-12H2,(H,19,21). The number of sulfone groups is 1. The molecular weight excluding hydrogens is 404 g/mol. The molecule has 1 unspecified atom stereocenters. The van der Waals surface area contributed by atoms with Crippen molar-refractivity contribution in [2.75, 3.05) is 12.3 Å². The summed E-state index contributed by atoms with van der Waals surface area (Å²) in [6.45, 7) is -0.241. The maximum Gasteiger partial charge on any atom is 0.266 e. The van der Waals surface area contributed by atoms with E-state index in [-0.39, 0.29) is 18.2 Å². The fourth-order valence-electron chi connectivity index (χ4n) is 2.52. The Morgan fingerprint density at radius 3 is 2.74 bits per heavy atom. The summed E-state index contributed by atoms with van der Waals surface area (Å²) in [4.78, 5) is 26.2. The van der Waals surface area contributed by atoms with Gasteiger partial charge in [0, 0.05) is 5.41 Å². The summed E-state index contributed by atoms with van der Waals surface area (Å²) >= 11 is 6.32. The fourth-order valence-corrected chi connectivity index (χ4v) is 4.96. The predicted octanol–water partition coefficient (Wildman–Crippen LogP) is 1.87. The van der Waals surface area contributed by atoms with Gasteiger partial charge in [0.15, 0.2) is 9.84 Å². The van der Waals surface area contributed by atoms with E-state index in [1.165, 1.54) is 11.0 Å². The molecule has 1 fully saturated rings. The largest absolute Gasteiger partial charge is 0.347 e. The number of carbonyl (C=O) groups excluding carboxylic acids is 2. The minimum absolute atomic E-state index is 0.165. The van der Waals surface area contributed by atoms with E-state index in [1.807, 2.05) is 36.4 Å². The van der Waals surface area contributed by atoms with Crippen LogP contribution in [0, 0.1) is 0 Å². The summed E-state index contributed by atoms with van der Waals surface area (Å²) in [5, 5.41) is 3.66. The number of carbonyl (C=O) groups is 2. The van der Waals surface area contributed by atoms with Gasteiger partial charge in [-0.3, -0.25) is 14.5 Å². The van der Waals surface area contributed by atoms with Crippen LogP contribution < -0.4 is 5.32 Å². The van der Waals surface area contributed by atoms with Crippen molar-refractivity contribution < 1.29 is 18.0 Å². The highest BCUT2D eigenvalue weighted by molar-refractivity contribution is 8.26. The molecule has 2 aliphatic rings. The Kier molecular flexibility index (Phi) is 5.93. The van der Waals surface area contributed by atoms with E-state index in [0.717, 1.165) is 22.7 Å². The third-order valence-corrected chi connectivity index (χ3v) is 6.58. The molecule has 27 heavy (non-hydrogen) atoms. The molecule has 0 radical (unpaired) electrons. The van der Waals surface area contributed by atoms with Crippen molar-refractivity contribution in [3.63, 3.8) is 0 Å². The first-order valence-corrected chi connectivity index (χ1v) is 11.0. The third kappa shape index (κ3) is 5.15. The number of amides is 2. The van der Waals surface area contributed by atoms with Gasteiger partial charge in [0.25, 0.3) is 5.91 Å². The van der Waals surface area contributed by atoms with Crippen LogP contribution in [0.1, 0.15) is 5.56 Å². The monoisotopic (exact) mass is 420 g/mol. The maximum atomic E-state index is 12.5. The molecule has 2 amide bonds. The molecule has 2 aliphatic heterocycles. The van der Waals surface area contributed by atoms with E-state index in [4.69, 9.17) is 12.2 Å². The maximum absolute atomic E-state index is 12.5. The molecule has 1 aromatic carbocycles. The van der Waals surface area contributed by atoms with Crippen molar-refractivity contribution in [1.82, 2.24) is 10.2 Å². The molecule has 0 aliphatic carbocycles. The molecule has 9 heteroatoms. The summed E-state index contributed by atoms with van der Waals surface area (Å²) in [6, 6.07) is 9.06. The van der Waals surface area contributed by atoms with E-state index in [2.05, 4.69) is 5.32 Å². The summed E-state index contributed by atoms with van der Waals surface area (Å²) in [6.07, 6.45) is 6.71. The highest BCUT2D eigenvalue weighted by Crippen LogP contribution is 2.30. The van der Waals surface area contributed by atoms with Crippen molar-refractivity contribution >= 4 is 56.0 Å². The molecule has 0 spiro atoms. The van der Waals surface area contributed by atoms with Gasteiger partial charge in [-0.25, -0.2) is 8.42 Å². The van der Waals surface area contributed by atoms with Crippen LogP contribution in [0.3, 0.4) is 0 Å². The lowest BCUT2D eigenvalue weighted by Crippen LogP contribution is -2.43. The quantitative estimate of drug-likeness (QED) is 0.578. The van der Waals surface area contributed by atoms with Crippen LogP contribution in [0.4, 0.5) is 0 Å². The summed E-state index contributed by atoms with van der Waals surface area (Å²) in [5.74, 6) is -0.965. The van der Waals surface area contributed by atoms with Crippen molar-refractivity contribution in [2.45, 2.75) is 6.04 Å². The Labute approximate surface area is 166 Å². The average molecular weight is 421 g/mol. The summed E-state index contributed by atoms with van der Waals surface area (Å²) < 4.78 is 23.0. The van der Waals surface area contributed by atoms with Crippen LogP contribution in [0.5, 0.6) is 0 Å². The van der Waals surface area contributed by atoms with Crippen LogP contribution in [-0.2, 0) is 19.4 Å². The molecule has 1 saturated heterocycles. The first-order valence-electron chi connectivity index (χ1n) is 8.01. The Morgan fingerprint density at radius 1 is 1.33 bits per heavy atom. The number of hydrogen-bond acceptors (Lipinski definition) is 6. The number of thioether (sulfide) groups is 1. The second-order valence-corrected chi connectivity index (χ2v) is 9.50. The van der Waals surface area contributed by atoms with Gasteiger partial charge in [0.1, 0.15) is 10.9 Å². The van der Waals surface area contributed by atoms with Crippen LogP contribution in [0.25, 0.3) is 6.08 Å². The molecule has 0 aromatic heterocycles. The highest BCUT2D eigenvalue weighted by Gasteiger charge is 2.33. The van der Waals surface area contributed by atoms with Crippen LogP contribution in [0.2, 0.25) is 0 Å². The Morgan fingerprint density at radius 2 is 2.07 bits per heavy atom. The van der Waals surface area contributed by atoms with Gasteiger partial charge in [0.05, 0.1) is 16.7 Å². The summed E-state index contributed by atoms with van der Waals surface area (Å²) in [7, 11) is -3.25. The smallest absolute Gasteiger partial charge is 0.266 e. The van der Waals surface area contributed by atoms with Gasteiger partial charge in [-0.1, -0.05) is 66.5 Å². The van der Waals surface area contributed by atoms with E-state index < -0.39 is 21.8 Å². The molecule has 2 heterocycles. The lowest BCUT2D eigenvalue weighted by atomic mass is 10.2. The van der Waals surface area contributed by atoms with E-state index in [0.29, 0.717) is 9.23 Å². The molecular formula is C18H16N2O4S3. The zero-order valence-corrected chi connectivity index (χ0v) is 16.5. The lowest BCUT2D eigenvalue weighted by molar-refractivity contribution is -0.128. The first kappa shape index (κ1) is 19.5. The van der Waals surface area contributed by atoms with Gasteiger partial charge in [-0.15, -0.1) is 0 Å². The second-order valence-electron chi connectivity index (χ2n) is 5.89. The predicted molar refractivity (Wildman–Crippen MR) is 110 cm³/mol. The minimum atomic E-state index is -3.25. The molecule has 1 N–H and O–H groups in total. The van der Waals surface area contributed by atoms with Crippen molar-refractivity contribution in [2.24, 2.45) is 0 Å². The van der Waals surface area contributed by atoms with Gasteiger partial charge in [-0.05, 0) is 17.7 Å². The first-order chi connectivity index (χ1) is 12.8. The van der Waals surface area contributed by atoms with Crippen LogP contribution in [0.15, 0.2) is 58.9 Å². The second kappa shape index (κ2) is 8.20. The Hall–Kier alpha value is -2.23. The molecule has 140 valence electrons. The average Bonchev–Trinajstić information content (AvgIpc) is 3.09. The van der Waals surface area contributed by atoms with Crippen molar-refractivity contribution in [1.29, 1.82) is 0 Å². The third-order valence-electron chi connectivity index (χ3n) is 3.79. The highest BCUT2D eigenvalue weighted by atomic mass is 32.2. The Balaban J connectivity index is 1.59.